The van der Waals surface area contributed by atoms with E-state index in [4.69, 9.17) is 10.3 Å². The highest BCUT2D eigenvalue weighted by Crippen LogP contribution is 2.24. The molecular weight excluding hydrogens is 332 g/mol. The average Bonchev–Trinajstić information content (AvgIpc) is 2.49. The van der Waals surface area contributed by atoms with Crippen LogP contribution in [0.5, 0.6) is 5.75 Å². The monoisotopic (exact) mass is 352 g/mol. The molecule has 0 atom stereocenters. The summed E-state index contributed by atoms with van der Waals surface area (Å²) >= 11 is 0. The molecule has 0 saturated carbocycles. The standard InChI is InChI=1S/C9H12N2O2.C7H8O3S/c1-11(2)9(13)6-4-3-5-7(10)8(6)12;1-6-2-4-7(5-3-6)11(8,9)10/h3-5,12H,10H2,1-2H3;2-5H,1H3,(H,8,9,10). The van der Waals surface area contributed by atoms with E-state index in [1.807, 2.05) is 6.92 Å². The number of phenols is 1. The molecule has 2 rings (SSSR count). The van der Waals surface area contributed by atoms with Crippen LogP contribution >= 0.6 is 0 Å². The quantitative estimate of drug-likeness (QED) is 0.431. The van der Waals surface area contributed by atoms with E-state index in [0.717, 1.165) is 5.56 Å². The second-order valence-corrected chi connectivity index (χ2v) is 6.65. The highest BCUT2D eigenvalue weighted by atomic mass is 32.2. The Kier molecular flexibility index (Phi) is 6.33. The molecule has 4 N–H and O–H groups in total. The third-order valence-electron chi connectivity index (χ3n) is 3.02. The second-order valence-electron chi connectivity index (χ2n) is 5.23. The first-order valence-corrected chi connectivity index (χ1v) is 8.31. The predicted molar refractivity (Wildman–Crippen MR) is 91.5 cm³/mol. The maximum absolute atomic E-state index is 11.4. The van der Waals surface area contributed by atoms with Gasteiger partial charge in [-0.25, -0.2) is 0 Å². The molecule has 130 valence electrons. The Bertz CT molecular complexity index is 815. The zero-order valence-electron chi connectivity index (χ0n) is 13.6. The van der Waals surface area contributed by atoms with Gasteiger partial charge in [-0.2, -0.15) is 8.42 Å². The van der Waals surface area contributed by atoms with Crippen LogP contribution in [0, 0.1) is 6.92 Å². The molecule has 1 amide bonds. The molecule has 0 aliphatic carbocycles. The second kappa shape index (κ2) is 7.80. The van der Waals surface area contributed by atoms with Crippen molar-refractivity contribution < 1.29 is 22.9 Å². The number of rotatable bonds is 2. The summed E-state index contributed by atoms with van der Waals surface area (Å²) in [5.74, 6) is -0.411. The third-order valence-corrected chi connectivity index (χ3v) is 3.89. The van der Waals surface area contributed by atoms with Gasteiger partial charge in [0.15, 0.2) is 5.75 Å². The van der Waals surface area contributed by atoms with Gasteiger partial charge in [0.05, 0.1) is 16.1 Å². The predicted octanol–water partition coefficient (Wildman–Crippen LogP) is 1.92. The van der Waals surface area contributed by atoms with Gasteiger partial charge in [0.2, 0.25) is 0 Å². The first-order chi connectivity index (χ1) is 11.0. The number of nitrogens with two attached hydrogens (primary N) is 1. The molecule has 2 aromatic carbocycles. The molecule has 24 heavy (non-hydrogen) atoms. The number of hydrogen-bond donors (Lipinski definition) is 3. The topological polar surface area (TPSA) is 121 Å². The Morgan fingerprint density at radius 2 is 1.62 bits per heavy atom. The van der Waals surface area contributed by atoms with Crippen molar-refractivity contribution in [1.82, 2.24) is 4.90 Å². The van der Waals surface area contributed by atoms with Gasteiger partial charge in [-0.1, -0.05) is 23.8 Å². The van der Waals surface area contributed by atoms with E-state index >= 15 is 0 Å². The van der Waals surface area contributed by atoms with Crippen LogP contribution in [0.3, 0.4) is 0 Å². The molecule has 8 heteroatoms. The molecule has 0 saturated heterocycles. The molecule has 0 aliphatic rings. The number of aromatic hydroxyl groups is 1. The molecule has 0 aromatic heterocycles. The van der Waals surface area contributed by atoms with Gasteiger partial charge in [-0.3, -0.25) is 9.35 Å². The lowest BCUT2D eigenvalue weighted by Crippen LogP contribution is -2.21. The molecule has 0 aliphatic heterocycles. The smallest absolute Gasteiger partial charge is 0.294 e. The molecule has 0 spiro atoms. The van der Waals surface area contributed by atoms with Gasteiger partial charge in [-0.15, -0.1) is 0 Å². The largest absolute Gasteiger partial charge is 0.505 e. The Morgan fingerprint density at radius 1 is 1.08 bits per heavy atom. The van der Waals surface area contributed by atoms with Gasteiger partial charge < -0.3 is 15.7 Å². The Morgan fingerprint density at radius 3 is 2.08 bits per heavy atom. The van der Waals surface area contributed by atoms with Crippen LogP contribution in [0.4, 0.5) is 5.69 Å². The van der Waals surface area contributed by atoms with Crippen molar-refractivity contribution in [2.45, 2.75) is 11.8 Å². The summed E-state index contributed by atoms with van der Waals surface area (Å²) < 4.78 is 29.6. The minimum atomic E-state index is -4.02. The highest BCUT2D eigenvalue weighted by molar-refractivity contribution is 7.85. The van der Waals surface area contributed by atoms with E-state index in [0.29, 0.717) is 0 Å². The summed E-state index contributed by atoms with van der Waals surface area (Å²) in [6.45, 7) is 1.84. The molecule has 2 aromatic rings. The fourth-order valence-electron chi connectivity index (χ4n) is 1.69. The SMILES string of the molecule is CN(C)C(=O)c1cccc(N)c1O.Cc1ccc(S(=O)(=O)O)cc1. The number of aryl methyl sites for hydroxylation is 1. The molecule has 0 bridgehead atoms. The van der Waals surface area contributed by atoms with Gasteiger partial charge in [0.1, 0.15) is 0 Å². The first-order valence-electron chi connectivity index (χ1n) is 6.87. The van der Waals surface area contributed by atoms with Crippen molar-refractivity contribution in [3.8, 4) is 5.75 Å². The van der Waals surface area contributed by atoms with Crippen LogP contribution in [-0.4, -0.2) is 43.0 Å². The van der Waals surface area contributed by atoms with E-state index in [1.165, 1.54) is 23.1 Å². The lowest BCUT2D eigenvalue weighted by Gasteiger charge is -2.11. The number of benzene rings is 2. The van der Waals surface area contributed by atoms with Crippen molar-refractivity contribution in [3.63, 3.8) is 0 Å². The van der Waals surface area contributed by atoms with Crippen LogP contribution in [0.25, 0.3) is 0 Å². The number of amides is 1. The number of phenolic OH excluding ortho intramolecular Hbond substituents is 1. The van der Waals surface area contributed by atoms with Gasteiger partial charge in [0, 0.05) is 14.1 Å². The van der Waals surface area contributed by atoms with E-state index in [9.17, 15) is 18.3 Å². The highest BCUT2D eigenvalue weighted by Gasteiger charge is 2.13. The minimum absolute atomic E-state index is 0.0666. The number of nitrogen functional groups attached to an aromatic ring is 1. The van der Waals surface area contributed by atoms with Crippen LogP contribution < -0.4 is 5.73 Å². The third kappa shape index (κ3) is 5.25. The zero-order chi connectivity index (χ0) is 18.5. The molecule has 0 fully saturated rings. The van der Waals surface area contributed by atoms with Gasteiger partial charge in [-0.05, 0) is 31.2 Å². The molecule has 0 radical (unpaired) electrons. The van der Waals surface area contributed by atoms with Crippen LogP contribution in [0.1, 0.15) is 15.9 Å². The summed E-state index contributed by atoms with van der Waals surface area (Å²) in [5.41, 5.74) is 6.84. The number of hydrogen-bond acceptors (Lipinski definition) is 5. The maximum Gasteiger partial charge on any atom is 0.294 e. The van der Waals surface area contributed by atoms with Crippen molar-refractivity contribution >= 4 is 21.7 Å². The van der Waals surface area contributed by atoms with E-state index < -0.39 is 10.1 Å². The number of anilines is 1. The van der Waals surface area contributed by atoms with Crippen molar-refractivity contribution in [3.05, 3.63) is 53.6 Å². The maximum atomic E-state index is 11.4. The Labute approximate surface area is 141 Å². The summed E-state index contributed by atoms with van der Waals surface area (Å²) in [7, 11) is -0.788. The number of nitrogens with zero attached hydrogens (tertiary/aromatic N) is 1. The average molecular weight is 352 g/mol. The summed E-state index contributed by atoms with van der Waals surface area (Å²) in [5, 5.41) is 9.44. The summed E-state index contributed by atoms with van der Waals surface area (Å²) in [6, 6.07) is 10.7. The molecule has 0 unspecified atom stereocenters. The number of carbonyl (C=O) groups is 1. The fraction of sp³-hybridized carbons (Fsp3) is 0.188. The van der Waals surface area contributed by atoms with E-state index in [1.54, 1.807) is 38.4 Å². The normalized spacial score (nSPS) is 10.5. The first kappa shape index (κ1) is 19.5. The number of para-hydroxylation sites is 1. The fourth-order valence-corrected chi connectivity index (χ4v) is 2.17. The Hall–Kier alpha value is -2.58. The van der Waals surface area contributed by atoms with E-state index in [-0.39, 0.29) is 27.8 Å². The van der Waals surface area contributed by atoms with Crippen LogP contribution in [0.2, 0.25) is 0 Å². The Balaban J connectivity index is 0.000000243. The summed E-state index contributed by atoms with van der Waals surface area (Å²) in [4.78, 5) is 12.7. The van der Waals surface area contributed by atoms with Crippen LogP contribution in [-0.2, 0) is 10.1 Å². The molecular formula is C16H20N2O5S. The van der Waals surface area contributed by atoms with Crippen LogP contribution in [0.15, 0.2) is 47.4 Å². The van der Waals surface area contributed by atoms with Gasteiger partial charge in [0.25, 0.3) is 16.0 Å². The zero-order valence-corrected chi connectivity index (χ0v) is 14.4. The minimum Gasteiger partial charge on any atom is -0.505 e. The van der Waals surface area contributed by atoms with E-state index in [2.05, 4.69) is 0 Å². The van der Waals surface area contributed by atoms with Crippen molar-refractivity contribution in [2.24, 2.45) is 0 Å². The lowest BCUT2D eigenvalue weighted by atomic mass is 10.1. The van der Waals surface area contributed by atoms with Crippen molar-refractivity contribution in [1.29, 1.82) is 0 Å². The molecule has 7 nitrogen and oxygen atoms in total. The number of carbonyl (C=O) groups excluding carboxylic acids is 1. The molecule has 0 heterocycles. The summed E-state index contributed by atoms with van der Waals surface area (Å²) in [6.07, 6.45) is 0. The lowest BCUT2D eigenvalue weighted by molar-refractivity contribution is 0.0824. The van der Waals surface area contributed by atoms with Gasteiger partial charge >= 0.3 is 0 Å². The van der Waals surface area contributed by atoms with Crippen molar-refractivity contribution in [2.75, 3.05) is 19.8 Å².